The Kier molecular flexibility index (Phi) is 8.36. The lowest BCUT2D eigenvalue weighted by molar-refractivity contribution is -0.384. The standard InChI is InChI=1S/C29H24N4O4S/c1-3-37-24-14-12-21(13-15-24)27-17-25(20-8-5-4-6-9-20)26(18-30)29(32-27)38-19(2)28(34)31-22-10-7-11-23(16-22)33(35)36/h4-17,19H,3H2,1-2H3,(H,31,34). The summed E-state index contributed by atoms with van der Waals surface area (Å²) < 4.78 is 5.55. The van der Waals surface area contributed by atoms with Crippen molar-refractivity contribution < 1.29 is 14.5 Å². The summed E-state index contributed by atoms with van der Waals surface area (Å²) in [6.45, 7) is 4.18. The van der Waals surface area contributed by atoms with Crippen LogP contribution in [0.1, 0.15) is 19.4 Å². The van der Waals surface area contributed by atoms with Gasteiger partial charge in [0.2, 0.25) is 5.91 Å². The fourth-order valence-electron chi connectivity index (χ4n) is 3.76. The molecule has 4 rings (SSSR count). The van der Waals surface area contributed by atoms with Gasteiger partial charge in [0.05, 0.1) is 28.0 Å². The fourth-order valence-corrected chi connectivity index (χ4v) is 4.68. The summed E-state index contributed by atoms with van der Waals surface area (Å²) in [4.78, 5) is 28.3. The van der Waals surface area contributed by atoms with Crippen molar-refractivity contribution in [1.29, 1.82) is 5.26 Å². The number of amides is 1. The number of hydrogen-bond donors (Lipinski definition) is 1. The lowest BCUT2D eigenvalue weighted by Crippen LogP contribution is -2.22. The molecule has 1 amide bonds. The number of rotatable bonds is 9. The van der Waals surface area contributed by atoms with Gasteiger partial charge in [-0.25, -0.2) is 4.98 Å². The third-order valence-electron chi connectivity index (χ3n) is 5.63. The predicted octanol–water partition coefficient (Wildman–Crippen LogP) is 6.71. The van der Waals surface area contributed by atoms with Gasteiger partial charge in [-0.1, -0.05) is 48.2 Å². The van der Waals surface area contributed by atoms with Crippen LogP contribution in [0.4, 0.5) is 11.4 Å². The van der Waals surface area contributed by atoms with Crippen molar-refractivity contribution in [2.45, 2.75) is 24.1 Å². The molecule has 1 unspecified atom stereocenters. The van der Waals surface area contributed by atoms with Crippen LogP contribution in [0, 0.1) is 21.4 Å². The molecule has 8 nitrogen and oxygen atoms in total. The molecule has 4 aromatic rings. The van der Waals surface area contributed by atoms with E-state index in [1.807, 2.05) is 67.6 Å². The van der Waals surface area contributed by atoms with E-state index >= 15 is 0 Å². The smallest absolute Gasteiger partial charge is 0.271 e. The highest BCUT2D eigenvalue weighted by atomic mass is 32.2. The number of carbonyl (C=O) groups excluding carboxylic acids is 1. The number of nitrogens with zero attached hydrogens (tertiary/aromatic N) is 3. The molecule has 1 aromatic heterocycles. The highest BCUT2D eigenvalue weighted by Gasteiger charge is 2.22. The summed E-state index contributed by atoms with van der Waals surface area (Å²) in [6.07, 6.45) is 0. The fraction of sp³-hybridized carbons (Fsp3) is 0.138. The number of nitriles is 1. The van der Waals surface area contributed by atoms with Crippen molar-refractivity contribution in [2.75, 3.05) is 11.9 Å². The van der Waals surface area contributed by atoms with E-state index in [0.717, 1.165) is 28.6 Å². The van der Waals surface area contributed by atoms with Crippen molar-refractivity contribution in [3.05, 3.63) is 101 Å². The Bertz CT molecular complexity index is 1500. The highest BCUT2D eigenvalue weighted by Crippen LogP contribution is 2.36. The number of nitro benzene ring substituents is 1. The predicted molar refractivity (Wildman–Crippen MR) is 148 cm³/mol. The van der Waals surface area contributed by atoms with Crippen LogP contribution in [0.2, 0.25) is 0 Å². The number of nitro groups is 1. The lowest BCUT2D eigenvalue weighted by atomic mass is 9.99. The molecule has 1 atom stereocenters. The molecule has 0 saturated carbocycles. The van der Waals surface area contributed by atoms with Crippen molar-refractivity contribution >= 4 is 29.0 Å². The van der Waals surface area contributed by atoms with Gasteiger partial charge in [-0.05, 0) is 55.8 Å². The van der Waals surface area contributed by atoms with Crippen molar-refractivity contribution in [1.82, 2.24) is 4.98 Å². The number of anilines is 1. The van der Waals surface area contributed by atoms with Crippen molar-refractivity contribution in [2.24, 2.45) is 0 Å². The Morgan fingerprint density at radius 2 is 1.82 bits per heavy atom. The van der Waals surface area contributed by atoms with Gasteiger partial charge in [-0.3, -0.25) is 14.9 Å². The summed E-state index contributed by atoms with van der Waals surface area (Å²) in [7, 11) is 0. The quantitative estimate of drug-likeness (QED) is 0.147. The molecular formula is C29H24N4O4S. The number of ether oxygens (including phenoxy) is 1. The number of aromatic nitrogens is 1. The first-order valence-electron chi connectivity index (χ1n) is 11.9. The van der Waals surface area contributed by atoms with E-state index < -0.39 is 10.2 Å². The van der Waals surface area contributed by atoms with Gasteiger partial charge >= 0.3 is 0 Å². The molecule has 0 radical (unpaired) electrons. The van der Waals surface area contributed by atoms with Gasteiger partial charge in [0.25, 0.3) is 5.69 Å². The number of nitrogens with one attached hydrogen (secondary N) is 1. The first-order valence-corrected chi connectivity index (χ1v) is 12.7. The topological polar surface area (TPSA) is 118 Å². The Balaban J connectivity index is 1.69. The Hall–Kier alpha value is -4.68. The van der Waals surface area contributed by atoms with Crippen LogP contribution in [0.3, 0.4) is 0 Å². The van der Waals surface area contributed by atoms with Crippen LogP contribution in [0.5, 0.6) is 5.75 Å². The lowest BCUT2D eigenvalue weighted by Gasteiger charge is -2.16. The molecule has 38 heavy (non-hydrogen) atoms. The van der Waals surface area contributed by atoms with Crippen LogP contribution in [0.25, 0.3) is 22.4 Å². The number of carbonyl (C=O) groups is 1. The molecule has 0 aliphatic heterocycles. The average Bonchev–Trinajstić information content (AvgIpc) is 2.93. The molecular weight excluding hydrogens is 500 g/mol. The first-order chi connectivity index (χ1) is 18.4. The molecule has 3 aromatic carbocycles. The van der Waals surface area contributed by atoms with Crippen LogP contribution in [-0.4, -0.2) is 27.7 Å². The summed E-state index contributed by atoms with van der Waals surface area (Å²) in [5, 5.41) is 23.7. The molecule has 0 aliphatic carbocycles. The minimum atomic E-state index is -0.645. The van der Waals surface area contributed by atoms with Gasteiger partial charge < -0.3 is 10.1 Å². The number of thioether (sulfide) groups is 1. The zero-order chi connectivity index (χ0) is 27.1. The molecule has 0 spiro atoms. The Labute approximate surface area is 224 Å². The second kappa shape index (κ2) is 12.0. The number of pyridine rings is 1. The molecule has 1 N–H and O–H groups in total. The summed E-state index contributed by atoms with van der Waals surface area (Å²) >= 11 is 1.16. The number of non-ortho nitro benzene ring substituents is 1. The van der Waals surface area contributed by atoms with E-state index in [0.29, 0.717) is 34.1 Å². The van der Waals surface area contributed by atoms with E-state index in [9.17, 15) is 20.2 Å². The number of hydrogen-bond acceptors (Lipinski definition) is 7. The molecule has 0 aliphatic rings. The molecule has 190 valence electrons. The van der Waals surface area contributed by atoms with E-state index in [1.165, 1.54) is 18.2 Å². The second-order valence-electron chi connectivity index (χ2n) is 8.23. The van der Waals surface area contributed by atoms with Gasteiger partial charge in [0.1, 0.15) is 16.8 Å². The molecule has 0 fully saturated rings. The molecule has 1 heterocycles. The average molecular weight is 525 g/mol. The minimum absolute atomic E-state index is 0.118. The number of benzene rings is 3. The van der Waals surface area contributed by atoms with Gasteiger partial charge in [-0.15, -0.1) is 0 Å². The summed E-state index contributed by atoms with van der Waals surface area (Å²) in [5.74, 6) is 0.378. The van der Waals surface area contributed by atoms with E-state index in [4.69, 9.17) is 9.72 Å². The third kappa shape index (κ3) is 6.17. The van der Waals surface area contributed by atoms with Gasteiger partial charge in [-0.2, -0.15) is 5.26 Å². The van der Waals surface area contributed by atoms with Gasteiger partial charge in [0.15, 0.2) is 0 Å². The minimum Gasteiger partial charge on any atom is -0.494 e. The maximum atomic E-state index is 13.0. The maximum Gasteiger partial charge on any atom is 0.271 e. The first kappa shape index (κ1) is 26.4. The SMILES string of the molecule is CCOc1ccc(-c2cc(-c3ccccc3)c(C#N)c(SC(C)C(=O)Nc3cccc([N+](=O)[O-])c3)n2)cc1. The van der Waals surface area contributed by atoms with Crippen LogP contribution < -0.4 is 10.1 Å². The largest absolute Gasteiger partial charge is 0.494 e. The van der Waals surface area contributed by atoms with Crippen LogP contribution >= 0.6 is 11.8 Å². The maximum absolute atomic E-state index is 13.0. The zero-order valence-corrected chi connectivity index (χ0v) is 21.6. The highest BCUT2D eigenvalue weighted by molar-refractivity contribution is 8.00. The Morgan fingerprint density at radius 1 is 1.08 bits per heavy atom. The molecule has 0 bridgehead atoms. The molecule has 9 heteroatoms. The normalized spacial score (nSPS) is 11.3. The Morgan fingerprint density at radius 3 is 2.47 bits per heavy atom. The van der Waals surface area contributed by atoms with Crippen molar-refractivity contribution in [3.8, 4) is 34.2 Å². The monoisotopic (exact) mass is 524 g/mol. The second-order valence-corrected chi connectivity index (χ2v) is 9.56. The molecule has 0 saturated heterocycles. The summed E-state index contributed by atoms with van der Waals surface area (Å²) in [6, 6.07) is 27.0. The van der Waals surface area contributed by atoms with Gasteiger partial charge in [0, 0.05) is 28.9 Å². The van der Waals surface area contributed by atoms with E-state index in [1.54, 1.807) is 13.0 Å². The van der Waals surface area contributed by atoms with Crippen molar-refractivity contribution in [3.63, 3.8) is 0 Å². The van der Waals surface area contributed by atoms with Crippen LogP contribution in [0.15, 0.2) is 90.0 Å². The summed E-state index contributed by atoms with van der Waals surface area (Å²) in [5.41, 5.74) is 3.62. The third-order valence-corrected chi connectivity index (χ3v) is 6.71. The van der Waals surface area contributed by atoms with E-state index in [2.05, 4.69) is 11.4 Å². The van der Waals surface area contributed by atoms with E-state index in [-0.39, 0.29) is 11.6 Å². The zero-order valence-electron chi connectivity index (χ0n) is 20.8. The van der Waals surface area contributed by atoms with Crippen LogP contribution in [-0.2, 0) is 4.79 Å².